The molecule has 0 spiro atoms. The van der Waals surface area contributed by atoms with Crippen LogP contribution in [0.15, 0.2) is 24.3 Å². The fourth-order valence-electron chi connectivity index (χ4n) is 1.99. The molecule has 0 aromatic rings. The molecule has 0 aliphatic carbocycles. The van der Waals surface area contributed by atoms with E-state index in [-0.39, 0.29) is 17.1 Å². The quantitative estimate of drug-likeness (QED) is 0.426. The minimum absolute atomic E-state index is 0.194. The summed E-state index contributed by atoms with van der Waals surface area (Å²) < 4.78 is 24.5. The topological polar surface area (TPSA) is 86.7 Å². The van der Waals surface area contributed by atoms with E-state index in [9.17, 15) is 23.6 Å². The van der Waals surface area contributed by atoms with Crippen LogP contribution in [0.25, 0.3) is 0 Å². The molecular formula is C19H29FO6. The van der Waals surface area contributed by atoms with E-state index in [0.29, 0.717) is 12.8 Å². The standard InChI is InChI=1S/C10H16O3.C8H10O3.CH3F/c1-5-10(4)6-9(2,3)7(11)13-8(10)12;1-5(2)7(9)11-8(10)6(3)4;1-2/h5-6H2,1-4H3;1,3H2,2,4H3;1H3/i;;1D. The molecular weight excluding hydrogens is 343 g/mol. The van der Waals surface area contributed by atoms with Crippen LogP contribution in [-0.2, 0) is 28.7 Å². The van der Waals surface area contributed by atoms with Gasteiger partial charge in [0.15, 0.2) is 0 Å². The summed E-state index contributed by atoms with van der Waals surface area (Å²) in [7, 11) is -1.00. The summed E-state index contributed by atoms with van der Waals surface area (Å²) in [6.07, 6.45) is 1.29. The van der Waals surface area contributed by atoms with Crippen molar-refractivity contribution in [1.82, 2.24) is 0 Å². The molecule has 26 heavy (non-hydrogen) atoms. The van der Waals surface area contributed by atoms with Crippen LogP contribution < -0.4 is 0 Å². The molecule has 1 atom stereocenters. The van der Waals surface area contributed by atoms with Gasteiger partial charge in [0.25, 0.3) is 0 Å². The lowest BCUT2D eigenvalue weighted by Gasteiger charge is -2.38. The van der Waals surface area contributed by atoms with Crippen LogP contribution in [0, 0.1) is 10.8 Å². The summed E-state index contributed by atoms with van der Waals surface area (Å²) in [6, 6.07) is 0. The Hall–Kier alpha value is -2.31. The molecule has 1 fully saturated rings. The number of hydrogen-bond donors (Lipinski definition) is 0. The third kappa shape index (κ3) is 7.72. The lowest BCUT2D eigenvalue weighted by atomic mass is 9.70. The van der Waals surface area contributed by atoms with Crippen molar-refractivity contribution in [2.45, 2.75) is 54.4 Å². The molecule has 148 valence electrons. The van der Waals surface area contributed by atoms with Crippen molar-refractivity contribution < 1.29 is 34.4 Å². The van der Waals surface area contributed by atoms with Crippen LogP contribution >= 0.6 is 0 Å². The molecule has 1 aliphatic rings. The van der Waals surface area contributed by atoms with E-state index < -0.39 is 35.9 Å². The van der Waals surface area contributed by atoms with Gasteiger partial charge in [0.2, 0.25) is 0 Å². The number of cyclic esters (lactones) is 2. The Morgan fingerprint density at radius 3 is 1.85 bits per heavy atom. The molecule has 1 saturated heterocycles. The fourth-order valence-corrected chi connectivity index (χ4v) is 1.99. The van der Waals surface area contributed by atoms with E-state index in [1.807, 2.05) is 27.7 Å². The molecule has 0 bridgehead atoms. The zero-order valence-electron chi connectivity index (χ0n) is 17.4. The molecule has 0 aromatic heterocycles. The highest BCUT2D eigenvalue weighted by atomic mass is 19.1. The van der Waals surface area contributed by atoms with E-state index in [1.54, 1.807) is 0 Å². The first-order valence-electron chi connectivity index (χ1n) is 8.58. The molecule has 1 aliphatic heterocycles. The Morgan fingerprint density at radius 2 is 1.54 bits per heavy atom. The predicted molar refractivity (Wildman–Crippen MR) is 95.7 cm³/mol. The minimum Gasteiger partial charge on any atom is -0.392 e. The van der Waals surface area contributed by atoms with Gasteiger partial charge < -0.3 is 9.47 Å². The van der Waals surface area contributed by atoms with Crippen molar-refractivity contribution in [3.63, 3.8) is 0 Å². The lowest BCUT2D eigenvalue weighted by Crippen LogP contribution is -2.46. The van der Waals surface area contributed by atoms with Crippen LogP contribution in [-0.4, -0.2) is 31.0 Å². The zero-order chi connectivity index (χ0) is 22.0. The molecule has 6 nitrogen and oxygen atoms in total. The molecule has 0 amide bonds. The Balaban J connectivity index is 0. The largest absolute Gasteiger partial charge is 0.392 e. The summed E-state index contributed by atoms with van der Waals surface area (Å²) in [6.45, 7) is 17.0. The molecule has 0 N–H and O–H groups in total. The van der Waals surface area contributed by atoms with Gasteiger partial charge in [-0.25, -0.2) is 9.59 Å². The molecule has 0 radical (unpaired) electrons. The number of carbonyl (C=O) groups is 4. The van der Waals surface area contributed by atoms with Crippen molar-refractivity contribution in [3.05, 3.63) is 24.3 Å². The van der Waals surface area contributed by atoms with E-state index in [1.165, 1.54) is 13.8 Å². The minimum atomic E-state index is -1.00. The molecule has 0 saturated carbocycles. The normalized spacial score (nSPS) is 20.8. The zero-order valence-corrected chi connectivity index (χ0v) is 16.4. The SMILES string of the molecule is C=C(C)C(=O)OC(=O)C(=C)C.CCC1(C)CC(C)(C)C(=O)OC1=O.[2H]CF. The van der Waals surface area contributed by atoms with Crippen molar-refractivity contribution in [3.8, 4) is 0 Å². The summed E-state index contributed by atoms with van der Waals surface area (Å²) in [4.78, 5) is 44.0. The second-order valence-corrected chi connectivity index (χ2v) is 6.89. The van der Waals surface area contributed by atoms with Gasteiger partial charge in [0.05, 0.1) is 19.4 Å². The van der Waals surface area contributed by atoms with Gasteiger partial charge in [0, 0.05) is 11.1 Å². The third-order valence-electron chi connectivity index (χ3n) is 3.73. The van der Waals surface area contributed by atoms with Crippen molar-refractivity contribution >= 4 is 23.9 Å². The van der Waals surface area contributed by atoms with E-state index in [4.69, 9.17) is 6.11 Å². The van der Waals surface area contributed by atoms with Gasteiger partial charge in [-0.2, -0.15) is 0 Å². The number of ether oxygens (including phenoxy) is 2. The van der Waals surface area contributed by atoms with Crippen LogP contribution in [0.5, 0.6) is 0 Å². The van der Waals surface area contributed by atoms with Gasteiger partial charge in [-0.15, -0.1) is 0 Å². The fraction of sp³-hybridized carbons (Fsp3) is 0.579. The predicted octanol–water partition coefficient (Wildman–Crippen LogP) is 3.70. The molecule has 7 heteroatoms. The van der Waals surface area contributed by atoms with Crippen LogP contribution in [0.2, 0.25) is 0 Å². The lowest BCUT2D eigenvalue weighted by molar-refractivity contribution is -0.184. The smallest absolute Gasteiger partial charge is 0.340 e. The summed E-state index contributed by atoms with van der Waals surface area (Å²) in [5.41, 5.74) is -0.630. The number of esters is 4. The molecule has 1 rings (SSSR count). The third-order valence-corrected chi connectivity index (χ3v) is 3.73. The van der Waals surface area contributed by atoms with Crippen LogP contribution in [0.3, 0.4) is 0 Å². The summed E-state index contributed by atoms with van der Waals surface area (Å²) >= 11 is 0. The molecule has 1 heterocycles. The molecule has 1 unspecified atom stereocenters. The number of hydrogen-bond acceptors (Lipinski definition) is 6. The van der Waals surface area contributed by atoms with Gasteiger partial charge >= 0.3 is 23.9 Å². The highest BCUT2D eigenvalue weighted by molar-refractivity contribution is 6.00. The highest BCUT2D eigenvalue weighted by Crippen LogP contribution is 2.42. The highest BCUT2D eigenvalue weighted by Gasteiger charge is 2.48. The van der Waals surface area contributed by atoms with Crippen molar-refractivity contribution in [2.75, 3.05) is 7.15 Å². The summed E-state index contributed by atoms with van der Waals surface area (Å²) in [5, 5.41) is 0. The second kappa shape index (κ2) is 10.6. The van der Waals surface area contributed by atoms with E-state index in [0.717, 1.165) is 0 Å². The average Bonchev–Trinajstić information content (AvgIpc) is 2.54. The number of halogens is 1. The first-order valence-corrected chi connectivity index (χ1v) is 7.88. The van der Waals surface area contributed by atoms with Gasteiger partial charge in [0.1, 0.15) is 0 Å². The Labute approximate surface area is 155 Å². The van der Waals surface area contributed by atoms with Crippen molar-refractivity contribution in [1.29, 1.82) is 0 Å². The average molecular weight is 373 g/mol. The maximum absolute atomic E-state index is 11.4. The van der Waals surface area contributed by atoms with Gasteiger partial charge in [-0.1, -0.05) is 20.1 Å². The molecule has 0 aromatic carbocycles. The monoisotopic (exact) mass is 373 g/mol. The van der Waals surface area contributed by atoms with Crippen LogP contribution in [0.1, 0.15) is 55.8 Å². The van der Waals surface area contributed by atoms with Gasteiger partial charge in [-0.05, 0) is 47.5 Å². The summed E-state index contributed by atoms with van der Waals surface area (Å²) in [5.74, 6) is -2.20. The first kappa shape index (κ1) is 23.7. The Morgan fingerprint density at radius 1 is 1.15 bits per heavy atom. The van der Waals surface area contributed by atoms with Crippen LogP contribution in [0.4, 0.5) is 4.39 Å². The van der Waals surface area contributed by atoms with E-state index >= 15 is 0 Å². The number of rotatable bonds is 3. The van der Waals surface area contributed by atoms with Crippen molar-refractivity contribution in [2.24, 2.45) is 10.8 Å². The van der Waals surface area contributed by atoms with Gasteiger partial charge in [-0.3, -0.25) is 14.0 Å². The van der Waals surface area contributed by atoms with E-state index in [2.05, 4.69) is 17.9 Å². The number of alkyl halides is 1. The second-order valence-electron chi connectivity index (χ2n) is 6.89. The maximum Gasteiger partial charge on any atom is 0.340 e. The number of carbonyl (C=O) groups excluding carboxylic acids is 4. The maximum atomic E-state index is 11.4. The Bertz CT molecular complexity index is 587. The Kier molecular flexibility index (Phi) is 9.69. The first-order chi connectivity index (χ1) is 12.2.